The molecule has 0 aliphatic heterocycles. The molecule has 0 unspecified atom stereocenters. The first-order chi connectivity index (χ1) is 8.58. The first-order valence-electron chi connectivity index (χ1n) is 5.67. The van der Waals surface area contributed by atoms with E-state index in [4.69, 9.17) is 5.73 Å². The van der Waals surface area contributed by atoms with Crippen LogP contribution in [-0.2, 0) is 10.0 Å². The summed E-state index contributed by atoms with van der Waals surface area (Å²) in [6.45, 7) is 0.573. The van der Waals surface area contributed by atoms with Crippen molar-refractivity contribution >= 4 is 51.3 Å². The molecule has 0 spiro atoms. The Morgan fingerprint density at radius 3 is 2.84 bits per heavy atom. The maximum Gasteiger partial charge on any atom is 0.250 e. The van der Waals surface area contributed by atoms with Crippen molar-refractivity contribution < 1.29 is 8.42 Å². The van der Waals surface area contributed by atoms with Crippen LogP contribution in [0.5, 0.6) is 0 Å². The smallest absolute Gasteiger partial charge is 0.250 e. The molecule has 4 N–H and O–H groups in total. The van der Waals surface area contributed by atoms with Gasteiger partial charge in [0.25, 0.3) is 0 Å². The van der Waals surface area contributed by atoms with Gasteiger partial charge >= 0.3 is 0 Å². The van der Waals surface area contributed by atoms with Crippen LogP contribution in [0.3, 0.4) is 0 Å². The minimum atomic E-state index is -3.39. The number of nitrogens with two attached hydrogens (primary N) is 1. The number of nitrogens with one attached hydrogen (secondary N) is 2. The molecule has 1 aromatic rings. The first kappa shape index (κ1) is 16.7. The molecule has 0 radical (unpaired) electrons. The van der Waals surface area contributed by atoms with Gasteiger partial charge in [-0.1, -0.05) is 6.07 Å². The lowest BCUT2D eigenvalue weighted by Crippen LogP contribution is -2.34. The minimum Gasteiger partial charge on any atom is -0.370 e. The first-order valence-corrected chi connectivity index (χ1v) is 8.04. The van der Waals surface area contributed by atoms with E-state index >= 15 is 0 Å². The van der Waals surface area contributed by atoms with Crippen LogP contribution in [-0.4, -0.2) is 33.5 Å². The SMILES string of the molecule is I.NC(=NCCNS(=O)(=O)c1cccs1)NC1CC1. The summed E-state index contributed by atoms with van der Waals surface area (Å²) in [5.41, 5.74) is 5.62. The number of rotatable bonds is 6. The van der Waals surface area contributed by atoms with Gasteiger partial charge < -0.3 is 11.1 Å². The van der Waals surface area contributed by atoms with E-state index in [0.29, 0.717) is 22.8 Å². The average molecular weight is 416 g/mol. The maximum absolute atomic E-state index is 11.7. The van der Waals surface area contributed by atoms with Gasteiger partial charge in [0.2, 0.25) is 10.0 Å². The summed E-state index contributed by atoms with van der Waals surface area (Å²) < 4.78 is 26.3. The van der Waals surface area contributed by atoms with Gasteiger partial charge in [0.05, 0.1) is 6.54 Å². The van der Waals surface area contributed by atoms with E-state index in [1.807, 2.05) is 0 Å². The number of hydrogen-bond donors (Lipinski definition) is 3. The molecule has 2 rings (SSSR count). The molecule has 1 aromatic heterocycles. The van der Waals surface area contributed by atoms with Crippen LogP contribution in [0.25, 0.3) is 0 Å². The molecule has 0 atom stereocenters. The largest absolute Gasteiger partial charge is 0.370 e. The van der Waals surface area contributed by atoms with Gasteiger partial charge in [-0.15, -0.1) is 35.3 Å². The molecule has 0 aromatic carbocycles. The Balaban J connectivity index is 0.00000180. The summed E-state index contributed by atoms with van der Waals surface area (Å²) in [5, 5.41) is 4.76. The van der Waals surface area contributed by atoms with E-state index in [2.05, 4.69) is 15.0 Å². The molecule has 0 saturated heterocycles. The standard InChI is InChI=1S/C10H16N4O2S2.HI/c11-10(14-8-3-4-8)12-5-6-13-18(15,16)9-2-1-7-17-9;/h1-2,7-8,13H,3-6H2,(H3,11,12,14);1H. The van der Waals surface area contributed by atoms with E-state index in [-0.39, 0.29) is 30.5 Å². The van der Waals surface area contributed by atoms with Gasteiger partial charge in [0, 0.05) is 12.6 Å². The molecule has 0 bridgehead atoms. The maximum atomic E-state index is 11.7. The van der Waals surface area contributed by atoms with Crippen LogP contribution < -0.4 is 15.8 Å². The molecule has 1 aliphatic carbocycles. The highest BCUT2D eigenvalue weighted by Crippen LogP contribution is 2.18. The minimum absolute atomic E-state index is 0. The molecule has 9 heteroatoms. The predicted molar refractivity (Wildman–Crippen MR) is 87.6 cm³/mol. The molecule has 108 valence electrons. The zero-order chi connectivity index (χ0) is 13.0. The normalized spacial score (nSPS) is 15.9. The summed E-state index contributed by atoms with van der Waals surface area (Å²) in [5.74, 6) is 0.382. The van der Waals surface area contributed by atoms with Gasteiger partial charge in [0.15, 0.2) is 5.96 Å². The van der Waals surface area contributed by atoms with Crippen molar-refractivity contribution in [2.24, 2.45) is 10.7 Å². The molecular weight excluding hydrogens is 399 g/mol. The van der Waals surface area contributed by atoms with Crippen molar-refractivity contribution in [1.82, 2.24) is 10.0 Å². The summed E-state index contributed by atoms with van der Waals surface area (Å²) in [6.07, 6.45) is 2.25. The Bertz CT molecular complexity index is 512. The Kier molecular flexibility index (Phi) is 6.50. The Hall–Kier alpha value is -0.390. The molecule has 1 heterocycles. The quantitative estimate of drug-likeness (QED) is 0.276. The van der Waals surface area contributed by atoms with Gasteiger partial charge in [0.1, 0.15) is 4.21 Å². The zero-order valence-electron chi connectivity index (χ0n) is 10.2. The Labute approximate surface area is 133 Å². The van der Waals surface area contributed by atoms with E-state index in [0.717, 1.165) is 12.8 Å². The monoisotopic (exact) mass is 416 g/mol. The second kappa shape index (κ2) is 7.41. The number of thiophene rings is 1. The fraction of sp³-hybridized carbons (Fsp3) is 0.500. The van der Waals surface area contributed by atoms with Crippen molar-refractivity contribution in [3.63, 3.8) is 0 Å². The third kappa shape index (κ3) is 5.63. The van der Waals surface area contributed by atoms with E-state index in [1.165, 1.54) is 11.3 Å². The van der Waals surface area contributed by atoms with Gasteiger partial charge in [-0.3, -0.25) is 4.99 Å². The molecule has 1 fully saturated rings. The van der Waals surface area contributed by atoms with Crippen LogP contribution >= 0.6 is 35.3 Å². The van der Waals surface area contributed by atoms with Gasteiger partial charge in [-0.25, -0.2) is 13.1 Å². The lowest BCUT2D eigenvalue weighted by molar-refractivity contribution is 0.584. The predicted octanol–water partition coefficient (Wildman–Crippen LogP) is 0.711. The highest BCUT2D eigenvalue weighted by Gasteiger charge is 2.21. The molecular formula is C10H17IN4O2S2. The van der Waals surface area contributed by atoms with Crippen LogP contribution in [0.2, 0.25) is 0 Å². The number of halogens is 1. The van der Waals surface area contributed by atoms with E-state index in [1.54, 1.807) is 17.5 Å². The van der Waals surface area contributed by atoms with Gasteiger partial charge in [-0.05, 0) is 24.3 Å². The van der Waals surface area contributed by atoms with Crippen molar-refractivity contribution in [1.29, 1.82) is 0 Å². The second-order valence-corrected chi connectivity index (χ2v) is 6.96. The average Bonchev–Trinajstić information content (AvgIpc) is 2.96. The molecule has 1 aliphatic rings. The molecule has 0 amide bonds. The highest BCUT2D eigenvalue weighted by molar-refractivity contribution is 14.0. The van der Waals surface area contributed by atoms with Crippen molar-refractivity contribution in [2.45, 2.75) is 23.1 Å². The number of hydrogen-bond acceptors (Lipinski definition) is 4. The van der Waals surface area contributed by atoms with Crippen LogP contribution in [0.4, 0.5) is 0 Å². The second-order valence-electron chi connectivity index (χ2n) is 4.02. The van der Waals surface area contributed by atoms with Crippen molar-refractivity contribution in [3.05, 3.63) is 17.5 Å². The Morgan fingerprint density at radius 1 is 1.53 bits per heavy atom. The number of aliphatic imine (C=N–C) groups is 1. The van der Waals surface area contributed by atoms with E-state index in [9.17, 15) is 8.42 Å². The van der Waals surface area contributed by atoms with Crippen LogP contribution in [0, 0.1) is 0 Å². The third-order valence-electron chi connectivity index (χ3n) is 2.38. The molecule has 1 saturated carbocycles. The summed E-state index contributed by atoms with van der Waals surface area (Å²) in [6, 6.07) is 3.73. The zero-order valence-corrected chi connectivity index (χ0v) is 14.2. The third-order valence-corrected chi connectivity index (χ3v) is 5.23. The summed E-state index contributed by atoms with van der Waals surface area (Å²) >= 11 is 1.19. The van der Waals surface area contributed by atoms with Crippen LogP contribution in [0.1, 0.15) is 12.8 Å². The lowest BCUT2D eigenvalue weighted by Gasteiger charge is -2.04. The fourth-order valence-electron chi connectivity index (χ4n) is 1.33. The van der Waals surface area contributed by atoms with Crippen LogP contribution in [0.15, 0.2) is 26.7 Å². The lowest BCUT2D eigenvalue weighted by atomic mass is 10.6. The number of sulfonamides is 1. The topological polar surface area (TPSA) is 96.6 Å². The van der Waals surface area contributed by atoms with Crippen molar-refractivity contribution in [2.75, 3.05) is 13.1 Å². The summed E-state index contributed by atoms with van der Waals surface area (Å²) in [4.78, 5) is 4.05. The van der Waals surface area contributed by atoms with Crippen molar-refractivity contribution in [3.8, 4) is 0 Å². The molecule has 6 nitrogen and oxygen atoms in total. The fourth-order valence-corrected chi connectivity index (χ4v) is 3.38. The van der Waals surface area contributed by atoms with E-state index < -0.39 is 10.0 Å². The molecule has 19 heavy (non-hydrogen) atoms. The number of guanidine groups is 1. The number of nitrogens with zero attached hydrogens (tertiary/aromatic N) is 1. The van der Waals surface area contributed by atoms with Gasteiger partial charge in [-0.2, -0.15) is 0 Å². The highest BCUT2D eigenvalue weighted by atomic mass is 127. The summed E-state index contributed by atoms with van der Waals surface area (Å²) in [7, 11) is -3.39. The Morgan fingerprint density at radius 2 is 2.26 bits per heavy atom.